The maximum Gasteiger partial charge on any atom is 0.253 e. The van der Waals surface area contributed by atoms with Crippen molar-refractivity contribution in [1.29, 1.82) is 0 Å². The maximum absolute atomic E-state index is 12.4. The highest BCUT2D eigenvalue weighted by molar-refractivity contribution is 5.99. The quantitative estimate of drug-likeness (QED) is 0.602. The summed E-state index contributed by atoms with van der Waals surface area (Å²) in [6, 6.07) is 9.73. The average molecular weight is 364 g/mol. The molecule has 3 aromatic rings. The molecule has 0 aliphatic heterocycles. The number of aromatic nitrogens is 2. The highest BCUT2D eigenvalue weighted by atomic mass is 16.2. The number of nitrogens with zero attached hydrogens (tertiary/aromatic N) is 1. The van der Waals surface area contributed by atoms with E-state index in [0.717, 1.165) is 29.3 Å². The molecule has 6 heteroatoms. The van der Waals surface area contributed by atoms with E-state index in [4.69, 9.17) is 0 Å². The molecular formula is C21H24N4O2. The Morgan fingerprint density at radius 3 is 2.67 bits per heavy atom. The van der Waals surface area contributed by atoms with Crippen LogP contribution >= 0.6 is 0 Å². The summed E-state index contributed by atoms with van der Waals surface area (Å²) in [7, 11) is 0. The van der Waals surface area contributed by atoms with Gasteiger partial charge in [-0.25, -0.2) is 0 Å². The Kier molecular flexibility index (Phi) is 5.86. The fraction of sp³-hybridized carbons (Fsp3) is 0.286. The van der Waals surface area contributed by atoms with Crippen LogP contribution in [0.4, 0.5) is 0 Å². The average Bonchev–Trinajstić information content (AvgIpc) is 3.11. The Morgan fingerprint density at radius 2 is 1.89 bits per heavy atom. The SMILES string of the molecule is CCC(C)NC(=O)c1cncc(C(=O)NCCc2c[nH]c3ccccc23)c1. The van der Waals surface area contributed by atoms with E-state index >= 15 is 0 Å². The summed E-state index contributed by atoms with van der Waals surface area (Å²) in [5.41, 5.74) is 3.01. The summed E-state index contributed by atoms with van der Waals surface area (Å²) in [6.07, 6.45) is 6.48. The van der Waals surface area contributed by atoms with Gasteiger partial charge in [-0.15, -0.1) is 0 Å². The summed E-state index contributed by atoms with van der Waals surface area (Å²) < 4.78 is 0. The van der Waals surface area contributed by atoms with Crippen LogP contribution in [-0.4, -0.2) is 34.4 Å². The molecule has 1 atom stereocenters. The van der Waals surface area contributed by atoms with Crippen molar-refractivity contribution in [2.45, 2.75) is 32.7 Å². The van der Waals surface area contributed by atoms with Crippen molar-refractivity contribution in [2.24, 2.45) is 0 Å². The molecule has 1 aromatic carbocycles. The van der Waals surface area contributed by atoms with Gasteiger partial charge in [-0.1, -0.05) is 25.1 Å². The molecule has 0 aliphatic rings. The van der Waals surface area contributed by atoms with Gasteiger partial charge >= 0.3 is 0 Å². The summed E-state index contributed by atoms with van der Waals surface area (Å²) >= 11 is 0. The topological polar surface area (TPSA) is 86.9 Å². The number of nitrogens with one attached hydrogen (secondary N) is 3. The van der Waals surface area contributed by atoms with E-state index in [1.165, 1.54) is 12.4 Å². The van der Waals surface area contributed by atoms with Gasteiger partial charge in [0.15, 0.2) is 0 Å². The molecule has 0 fully saturated rings. The number of pyridine rings is 1. The van der Waals surface area contributed by atoms with Crippen LogP contribution in [0.15, 0.2) is 48.9 Å². The van der Waals surface area contributed by atoms with E-state index in [1.807, 2.05) is 38.2 Å². The summed E-state index contributed by atoms with van der Waals surface area (Å²) in [5, 5.41) is 6.94. The smallest absolute Gasteiger partial charge is 0.253 e. The number of carbonyl (C=O) groups is 2. The molecule has 0 bridgehead atoms. The molecule has 1 unspecified atom stereocenters. The zero-order chi connectivity index (χ0) is 19.2. The number of hydrogen-bond donors (Lipinski definition) is 3. The Balaban J connectivity index is 1.59. The van der Waals surface area contributed by atoms with Gasteiger partial charge in [0.1, 0.15) is 0 Å². The number of aromatic amines is 1. The van der Waals surface area contributed by atoms with Gasteiger partial charge in [-0.05, 0) is 37.5 Å². The second kappa shape index (κ2) is 8.49. The molecule has 6 nitrogen and oxygen atoms in total. The lowest BCUT2D eigenvalue weighted by Crippen LogP contribution is -2.32. The van der Waals surface area contributed by atoms with Gasteiger partial charge in [0, 0.05) is 42.1 Å². The van der Waals surface area contributed by atoms with Crippen molar-refractivity contribution in [3.05, 3.63) is 65.6 Å². The lowest BCUT2D eigenvalue weighted by Gasteiger charge is -2.11. The second-order valence-electron chi connectivity index (χ2n) is 6.61. The first-order valence-electron chi connectivity index (χ1n) is 9.17. The molecular weight excluding hydrogens is 340 g/mol. The highest BCUT2D eigenvalue weighted by Gasteiger charge is 2.13. The van der Waals surface area contributed by atoms with Crippen LogP contribution < -0.4 is 10.6 Å². The molecule has 2 heterocycles. The number of benzene rings is 1. The number of fused-ring (bicyclic) bond motifs is 1. The van der Waals surface area contributed by atoms with E-state index < -0.39 is 0 Å². The van der Waals surface area contributed by atoms with E-state index in [2.05, 4.69) is 26.7 Å². The molecule has 3 N–H and O–H groups in total. The summed E-state index contributed by atoms with van der Waals surface area (Å²) in [6.45, 7) is 4.44. The van der Waals surface area contributed by atoms with Gasteiger partial charge < -0.3 is 15.6 Å². The predicted octanol–water partition coefficient (Wildman–Crippen LogP) is 3.06. The predicted molar refractivity (Wildman–Crippen MR) is 106 cm³/mol. The van der Waals surface area contributed by atoms with Crippen molar-refractivity contribution >= 4 is 22.7 Å². The van der Waals surface area contributed by atoms with Crippen molar-refractivity contribution in [3.8, 4) is 0 Å². The Hall–Kier alpha value is -3.15. The van der Waals surface area contributed by atoms with E-state index in [9.17, 15) is 9.59 Å². The fourth-order valence-corrected chi connectivity index (χ4v) is 2.85. The minimum atomic E-state index is -0.236. The monoisotopic (exact) mass is 364 g/mol. The second-order valence-corrected chi connectivity index (χ2v) is 6.61. The lowest BCUT2D eigenvalue weighted by molar-refractivity contribution is 0.0939. The molecule has 27 heavy (non-hydrogen) atoms. The van der Waals surface area contributed by atoms with Gasteiger partial charge in [0.05, 0.1) is 11.1 Å². The number of amides is 2. The normalized spacial score (nSPS) is 11.9. The van der Waals surface area contributed by atoms with E-state index in [1.54, 1.807) is 6.07 Å². The van der Waals surface area contributed by atoms with Gasteiger partial charge in [-0.2, -0.15) is 0 Å². The third-order valence-electron chi connectivity index (χ3n) is 4.61. The molecule has 2 amide bonds. The van der Waals surface area contributed by atoms with Gasteiger partial charge in [-0.3, -0.25) is 14.6 Å². The third kappa shape index (κ3) is 4.53. The van der Waals surface area contributed by atoms with Crippen LogP contribution in [0.1, 0.15) is 46.5 Å². The molecule has 2 aromatic heterocycles. The first-order chi connectivity index (χ1) is 13.1. The first kappa shape index (κ1) is 18.6. The van der Waals surface area contributed by atoms with Gasteiger partial charge in [0.2, 0.25) is 0 Å². The third-order valence-corrected chi connectivity index (χ3v) is 4.61. The highest BCUT2D eigenvalue weighted by Crippen LogP contribution is 2.17. The number of rotatable bonds is 7. The molecule has 0 radical (unpaired) electrons. The molecule has 0 spiro atoms. The molecule has 140 valence electrons. The molecule has 0 saturated carbocycles. The minimum Gasteiger partial charge on any atom is -0.361 e. The Bertz CT molecular complexity index is 948. The standard InChI is InChI=1S/C21H24N4O2/c1-3-14(2)25-21(27)17-10-16(11-22-12-17)20(26)23-9-8-15-13-24-19-7-5-4-6-18(15)19/h4-7,10-14,24H,3,8-9H2,1-2H3,(H,23,26)(H,25,27). The van der Waals surface area contributed by atoms with Crippen molar-refractivity contribution in [1.82, 2.24) is 20.6 Å². The lowest BCUT2D eigenvalue weighted by atomic mass is 10.1. The van der Waals surface area contributed by atoms with Crippen LogP contribution in [0, 0.1) is 0 Å². The fourth-order valence-electron chi connectivity index (χ4n) is 2.85. The minimum absolute atomic E-state index is 0.0751. The largest absolute Gasteiger partial charge is 0.361 e. The maximum atomic E-state index is 12.4. The van der Waals surface area contributed by atoms with Gasteiger partial charge in [0.25, 0.3) is 11.8 Å². The number of para-hydroxylation sites is 1. The van der Waals surface area contributed by atoms with Crippen LogP contribution in [-0.2, 0) is 6.42 Å². The van der Waals surface area contributed by atoms with Crippen LogP contribution in [0.3, 0.4) is 0 Å². The van der Waals surface area contributed by atoms with E-state index in [0.29, 0.717) is 17.7 Å². The Morgan fingerprint density at radius 1 is 1.15 bits per heavy atom. The number of hydrogen-bond acceptors (Lipinski definition) is 3. The molecule has 3 rings (SSSR count). The van der Waals surface area contributed by atoms with Crippen LogP contribution in [0.5, 0.6) is 0 Å². The zero-order valence-electron chi connectivity index (χ0n) is 15.6. The van der Waals surface area contributed by atoms with Crippen molar-refractivity contribution in [2.75, 3.05) is 6.54 Å². The van der Waals surface area contributed by atoms with Crippen LogP contribution in [0.2, 0.25) is 0 Å². The zero-order valence-corrected chi connectivity index (χ0v) is 15.6. The molecule has 0 aliphatic carbocycles. The first-order valence-corrected chi connectivity index (χ1v) is 9.17. The molecule has 0 saturated heterocycles. The summed E-state index contributed by atoms with van der Waals surface area (Å²) in [5.74, 6) is -0.453. The summed E-state index contributed by atoms with van der Waals surface area (Å²) in [4.78, 5) is 31.9. The van der Waals surface area contributed by atoms with E-state index in [-0.39, 0.29) is 17.9 Å². The Labute approximate surface area is 158 Å². The van der Waals surface area contributed by atoms with Crippen molar-refractivity contribution in [3.63, 3.8) is 0 Å². The number of H-pyrrole nitrogens is 1. The van der Waals surface area contributed by atoms with Crippen molar-refractivity contribution < 1.29 is 9.59 Å². The number of carbonyl (C=O) groups excluding carboxylic acids is 2. The van der Waals surface area contributed by atoms with Crippen LogP contribution in [0.25, 0.3) is 10.9 Å².